The van der Waals surface area contributed by atoms with E-state index in [1.807, 2.05) is 12.3 Å². The summed E-state index contributed by atoms with van der Waals surface area (Å²) in [6.07, 6.45) is 5.49. The molecule has 1 atom stereocenters. The summed E-state index contributed by atoms with van der Waals surface area (Å²) in [6, 6.07) is 5.06. The van der Waals surface area contributed by atoms with Crippen LogP contribution in [0, 0.1) is 5.82 Å². The molecule has 0 saturated carbocycles. The predicted octanol–water partition coefficient (Wildman–Crippen LogP) is 2.85. The molecule has 0 saturated heterocycles. The number of hydrogen-bond donors (Lipinski definition) is 1. The van der Waals surface area contributed by atoms with E-state index in [4.69, 9.17) is 0 Å². The zero-order chi connectivity index (χ0) is 10.3. The number of fused-ring (bicyclic) bond motifs is 1. The largest absolute Gasteiger partial charge is 0.351 e. The van der Waals surface area contributed by atoms with Crippen LogP contribution in [0.3, 0.4) is 0 Å². The topological polar surface area (TPSA) is 28.7 Å². The number of imidazole rings is 1. The summed E-state index contributed by atoms with van der Waals surface area (Å²) in [6.45, 7) is 0. The lowest BCUT2D eigenvalue weighted by atomic mass is 10.0. The molecule has 0 aliphatic heterocycles. The number of H-pyrrole nitrogens is 1. The first-order chi connectivity index (χ1) is 7.33. The van der Waals surface area contributed by atoms with Crippen LogP contribution in [0.1, 0.15) is 22.7 Å². The molecule has 2 nitrogen and oxygen atoms in total. The summed E-state index contributed by atoms with van der Waals surface area (Å²) in [5.74, 6) is 0.268. The first-order valence-corrected chi connectivity index (χ1v) is 5.09. The van der Waals surface area contributed by atoms with Crippen molar-refractivity contribution in [3.8, 4) is 0 Å². The van der Waals surface area contributed by atoms with Gasteiger partial charge >= 0.3 is 0 Å². The Morgan fingerprint density at radius 3 is 2.81 bits per heavy atom. The number of rotatable bonds is 1. The molecule has 0 amide bonds. The lowest BCUT2D eigenvalue weighted by Crippen LogP contribution is -1.97. The molecule has 0 fully saturated rings. The fourth-order valence-electron chi connectivity index (χ4n) is 2.29. The van der Waals surface area contributed by atoms with Gasteiger partial charge in [-0.25, -0.2) is 9.37 Å². The average Bonchev–Trinajstić information content (AvgIpc) is 2.84. The van der Waals surface area contributed by atoms with Crippen LogP contribution >= 0.6 is 12.4 Å². The lowest BCUT2D eigenvalue weighted by Gasteiger charge is -2.02. The Morgan fingerprint density at radius 2 is 2.06 bits per heavy atom. The molecule has 16 heavy (non-hydrogen) atoms. The fraction of sp³-hybridized carbons (Fsp3) is 0.250. The third-order valence-corrected chi connectivity index (χ3v) is 3.04. The van der Waals surface area contributed by atoms with Crippen LogP contribution in [0.15, 0.2) is 30.7 Å². The standard InChI is InChI=1S/C12H11FN2.ClH/c13-11-2-1-8-3-10(4-9(8)5-11)12-6-14-7-15-12;/h1-2,5-7,10H,3-4H2,(H,14,15);1H. The lowest BCUT2D eigenvalue weighted by molar-refractivity contribution is 0.625. The highest BCUT2D eigenvalue weighted by Crippen LogP contribution is 2.33. The van der Waals surface area contributed by atoms with Crippen LogP contribution in [-0.4, -0.2) is 9.97 Å². The van der Waals surface area contributed by atoms with Gasteiger partial charge in [-0.15, -0.1) is 12.4 Å². The van der Waals surface area contributed by atoms with Crippen molar-refractivity contribution in [1.82, 2.24) is 9.97 Å². The smallest absolute Gasteiger partial charge is 0.123 e. The van der Waals surface area contributed by atoms with Crippen LogP contribution in [0.4, 0.5) is 4.39 Å². The maximum absolute atomic E-state index is 13.0. The second-order valence-corrected chi connectivity index (χ2v) is 4.01. The molecule has 1 aliphatic rings. The number of aromatic amines is 1. The SMILES string of the molecule is Cl.Fc1ccc2c(c1)CC(c1c[nH]cn1)C2. The van der Waals surface area contributed by atoms with Crippen molar-refractivity contribution >= 4 is 12.4 Å². The molecule has 0 radical (unpaired) electrons. The zero-order valence-corrected chi connectivity index (χ0v) is 9.43. The van der Waals surface area contributed by atoms with Crippen LogP contribution < -0.4 is 0 Å². The normalized spacial score (nSPS) is 17.9. The minimum atomic E-state index is -0.142. The minimum absolute atomic E-state index is 0. The van der Waals surface area contributed by atoms with E-state index in [0.29, 0.717) is 5.92 Å². The Kier molecular flexibility index (Phi) is 2.97. The van der Waals surface area contributed by atoms with E-state index in [0.717, 1.165) is 24.1 Å². The molecule has 0 spiro atoms. The zero-order valence-electron chi connectivity index (χ0n) is 8.61. The molecule has 4 heteroatoms. The summed E-state index contributed by atoms with van der Waals surface area (Å²) in [4.78, 5) is 7.21. The maximum atomic E-state index is 13.0. The summed E-state index contributed by atoms with van der Waals surface area (Å²) >= 11 is 0. The number of nitrogens with zero attached hydrogens (tertiary/aromatic N) is 1. The molecule has 1 heterocycles. The van der Waals surface area contributed by atoms with Gasteiger partial charge in [0.05, 0.1) is 12.0 Å². The van der Waals surface area contributed by atoms with E-state index >= 15 is 0 Å². The van der Waals surface area contributed by atoms with Gasteiger partial charge in [0, 0.05) is 12.1 Å². The van der Waals surface area contributed by atoms with Crippen molar-refractivity contribution in [2.75, 3.05) is 0 Å². The molecular weight excluding hydrogens is 227 g/mol. The Bertz CT molecular complexity index is 482. The highest BCUT2D eigenvalue weighted by atomic mass is 35.5. The molecule has 3 rings (SSSR count). The summed E-state index contributed by atoms with van der Waals surface area (Å²) in [7, 11) is 0. The van der Waals surface area contributed by atoms with Gasteiger partial charge in [0.2, 0.25) is 0 Å². The molecule has 1 aromatic carbocycles. The van der Waals surface area contributed by atoms with Gasteiger partial charge in [-0.3, -0.25) is 0 Å². The van der Waals surface area contributed by atoms with Gasteiger partial charge in [-0.05, 0) is 36.1 Å². The second-order valence-electron chi connectivity index (χ2n) is 4.01. The second kappa shape index (κ2) is 4.26. The van der Waals surface area contributed by atoms with E-state index in [-0.39, 0.29) is 18.2 Å². The number of benzene rings is 1. The molecular formula is C12H12ClFN2. The van der Waals surface area contributed by atoms with E-state index in [1.165, 1.54) is 11.6 Å². The van der Waals surface area contributed by atoms with Crippen molar-refractivity contribution in [3.05, 3.63) is 53.4 Å². The molecule has 1 N–H and O–H groups in total. The van der Waals surface area contributed by atoms with E-state index in [2.05, 4.69) is 9.97 Å². The molecule has 84 valence electrons. The molecule has 1 aliphatic carbocycles. The fourth-order valence-corrected chi connectivity index (χ4v) is 2.29. The molecule has 2 aromatic rings. The van der Waals surface area contributed by atoms with E-state index in [1.54, 1.807) is 12.4 Å². The number of aromatic nitrogens is 2. The number of nitrogens with one attached hydrogen (secondary N) is 1. The van der Waals surface area contributed by atoms with Crippen LogP contribution in [0.2, 0.25) is 0 Å². The van der Waals surface area contributed by atoms with Crippen LogP contribution in [0.5, 0.6) is 0 Å². The van der Waals surface area contributed by atoms with E-state index < -0.39 is 0 Å². The van der Waals surface area contributed by atoms with Crippen molar-refractivity contribution in [2.45, 2.75) is 18.8 Å². The molecule has 1 aromatic heterocycles. The average molecular weight is 239 g/mol. The third kappa shape index (κ3) is 1.83. The molecule has 0 bridgehead atoms. The number of hydrogen-bond acceptors (Lipinski definition) is 1. The Labute approximate surface area is 99.3 Å². The van der Waals surface area contributed by atoms with Crippen LogP contribution in [-0.2, 0) is 12.8 Å². The minimum Gasteiger partial charge on any atom is -0.351 e. The first kappa shape index (κ1) is 11.1. The van der Waals surface area contributed by atoms with Crippen molar-refractivity contribution in [1.29, 1.82) is 0 Å². The Hall–Kier alpha value is -1.35. The first-order valence-electron chi connectivity index (χ1n) is 5.09. The monoisotopic (exact) mass is 238 g/mol. The highest BCUT2D eigenvalue weighted by Gasteiger charge is 2.24. The Balaban J connectivity index is 0.000000963. The van der Waals surface area contributed by atoms with Crippen LogP contribution in [0.25, 0.3) is 0 Å². The van der Waals surface area contributed by atoms with Gasteiger partial charge in [-0.1, -0.05) is 6.07 Å². The van der Waals surface area contributed by atoms with Crippen molar-refractivity contribution < 1.29 is 4.39 Å². The predicted molar refractivity (Wildman–Crippen MR) is 62.4 cm³/mol. The van der Waals surface area contributed by atoms with Gasteiger partial charge < -0.3 is 4.98 Å². The summed E-state index contributed by atoms with van der Waals surface area (Å²) in [5, 5.41) is 0. The van der Waals surface area contributed by atoms with Crippen molar-refractivity contribution in [2.24, 2.45) is 0 Å². The van der Waals surface area contributed by atoms with Gasteiger partial charge in [0.25, 0.3) is 0 Å². The maximum Gasteiger partial charge on any atom is 0.123 e. The van der Waals surface area contributed by atoms with Gasteiger partial charge in [0.1, 0.15) is 5.82 Å². The summed E-state index contributed by atoms with van der Waals surface area (Å²) in [5.41, 5.74) is 3.46. The third-order valence-electron chi connectivity index (χ3n) is 3.04. The summed E-state index contributed by atoms with van der Waals surface area (Å²) < 4.78 is 13.0. The Morgan fingerprint density at radius 1 is 1.25 bits per heavy atom. The highest BCUT2D eigenvalue weighted by molar-refractivity contribution is 5.85. The quantitative estimate of drug-likeness (QED) is 0.813. The van der Waals surface area contributed by atoms with Gasteiger partial charge in [0.15, 0.2) is 0 Å². The molecule has 1 unspecified atom stereocenters. The van der Waals surface area contributed by atoms with Crippen molar-refractivity contribution in [3.63, 3.8) is 0 Å². The number of halogens is 2. The van der Waals surface area contributed by atoms with E-state index in [9.17, 15) is 4.39 Å². The van der Waals surface area contributed by atoms with Gasteiger partial charge in [-0.2, -0.15) is 0 Å².